The summed E-state index contributed by atoms with van der Waals surface area (Å²) in [7, 11) is 3.53. The largest absolute Gasteiger partial charge is 0.497 e. The van der Waals surface area contributed by atoms with E-state index in [2.05, 4.69) is 4.98 Å². The molecule has 3 aromatic rings. The van der Waals surface area contributed by atoms with Crippen LogP contribution in [0.5, 0.6) is 5.75 Å². The Kier molecular flexibility index (Phi) is 4.87. The number of hydrogen-bond donors (Lipinski definition) is 1. The van der Waals surface area contributed by atoms with Crippen LogP contribution in [-0.2, 0) is 11.8 Å². The molecule has 0 aliphatic heterocycles. The van der Waals surface area contributed by atoms with E-state index in [0.717, 1.165) is 27.7 Å². The van der Waals surface area contributed by atoms with Gasteiger partial charge in [0.15, 0.2) is 5.82 Å². The summed E-state index contributed by atoms with van der Waals surface area (Å²) in [5.41, 5.74) is 1.51. The summed E-state index contributed by atoms with van der Waals surface area (Å²) >= 11 is 1.38. The number of nitriles is 1. The molecule has 0 radical (unpaired) electrons. The van der Waals surface area contributed by atoms with Gasteiger partial charge >= 0.3 is 5.97 Å². The molecule has 0 saturated heterocycles. The fraction of sp³-hybridized carbons (Fsp3) is 0.105. The van der Waals surface area contributed by atoms with E-state index in [0.29, 0.717) is 4.88 Å². The Balaban J connectivity index is 1.92. The van der Waals surface area contributed by atoms with Crippen molar-refractivity contribution in [2.24, 2.45) is 7.05 Å². The lowest BCUT2D eigenvalue weighted by molar-refractivity contribution is -0.132. The number of carboxylic acid groups (broad SMARTS) is 1. The number of aromatic nitrogens is 2. The standard InChI is InChI=1S/C19H15N3O3S/c1-22-11-16(12-3-5-14(25-2)6-4-12)21-18(22)17-8-7-15(26-17)9-13(10-20)19(23)24/h3-9,11H,1-2H3,(H,23,24)/b13-9+. The third-order valence-corrected chi connectivity index (χ3v) is 4.77. The van der Waals surface area contributed by atoms with Gasteiger partial charge in [-0.3, -0.25) is 0 Å². The van der Waals surface area contributed by atoms with Gasteiger partial charge in [-0.1, -0.05) is 0 Å². The Morgan fingerprint density at radius 1 is 1.31 bits per heavy atom. The van der Waals surface area contributed by atoms with Gasteiger partial charge in [0, 0.05) is 23.7 Å². The molecule has 1 N–H and O–H groups in total. The molecule has 0 aliphatic rings. The van der Waals surface area contributed by atoms with Crippen LogP contribution in [0.15, 0.2) is 48.2 Å². The Morgan fingerprint density at radius 3 is 2.65 bits per heavy atom. The van der Waals surface area contributed by atoms with E-state index in [1.54, 1.807) is 19.2 Å². The maximum Gasteiger partial charge on any atom is 0.346 e. The van der Waals surface area contributed by atoms with Gasteiger partial charge < -0.3 is 14.4 Å². The molecule has 26 heavy (non-hydrogen) atoms. The molecule has 0 atom stereocenters. The maximum atomic E-state index is 11.0. The highest BCUT2D eigenvalue weighted by Gasteiger charge is 2.13. The first kappa shape index (κ1) is 17.5. The fourth-order valence-electron chi connectivity index (χ4n) is 2.43. The zero-order valence-corrected chi connectivity index (χ0v) is 14.9. The van der Waals surface area contributed by atoms with Gasteiger partial charge in [0.25, 0.3) is 0 Å². The number of hydrogen-bond acceptors (Lipinski definition) is 5. The Morgan fingerprint density at radius 2 is 2.04 bits per heavy atom. The lowest BCUT2D eigenvalue weighted by Crippen LogP contribution is -1.96. The maximum absolute atomic E-state index is 11.0. The van der Waals surface area contributed by atoms with Gasteiger partial charge in [-0.2, -0.15) is 5.26 Å². The molecule has 7 heteroatoms. The number of imidazole rings is 1. The van der Waals surface area contributed by atoms with Crippen LogP contribution in [0.2, 0.25) is 0 Å². The predicted molar refractivity (Wildman–Crippen MR) is 99.7 cm³/mol. The molecular formula is C19H15N3O3S. The molecular weight excluding hydrogens is 350 g/mol. The molecule has 0 bridgehead atoms. The number of methoxy groups -OCH3 is 1. The van der Waals surface area contributed by atoms with E-state index in [1.165, 1.54) is 17.4 Å². The van der Waals surface area contributed by atoms with Crippen LogP contribution in [0, 0.1) is 11.3 Å². The van der Waals surface area contributed by atoms with Crippen LogP contribution >= 0.6 is 11.3 Å². The summed E-state index contributed by atoms with van der Waals surface area (Å²) < 4.78 is 7.09. The van der Waals surface area contributed by atoms with Gasteiger partial charge in [-0.05, 0) is 42.5 Å². The number of rotatable bonds is 5. The summed E-state index contributed by atoms with van der Waals surface area (Å²) in [6.07, 6.45) is 3.30. The van der Waals surface area contributed by atoms with Gasteiger partial charge in [-0.15, -0.1) is 11.3 Å². The monoisotopic (exact) mass is 365 g/mol. The van der Waals surface area contributed by atoms with Crippen LogP contribution in [0.1, 0.15) is 4.88 Å². The highest BCUT2D eigenvalue weighted by atomic mass is 32.1. The molecule has 0 amide bonds. The molecule has 0 unspecified atom stereocenters. The molecule has 6 nitrogen and oxygen atoms in total. The van der Waals surface area contributed by atoms with E-state index in [9.17, 15) is 4.79 Å². The first-order valence-corrected chi connectivity index (χ1v) is 8.46. The number of nitrogens with zero attached hydrogens (tertiary/aromatic N) is 3. The SMILES string of the molecule is COc1ccc(-c2cn(C)c(-c3ccc(/C=C(\C#N)C(=O)O)s3)n2)cc1. The molecule has 2 heterocycles. The number of benzene rings is 1. The van der Waals surface area contributed by atoms with Crippen molar-refractivity contribution in [2.75, 3.05) is 7.11 Å². The van der Waals surface area contributed by atoms with Crippen LogP contribution in [0.4, 0.5) is 0 Å². The fourth-order valence-corrected chi connectivity index (χ4v) is 3.41. The van der Waals surface area contributed by atoms with Crippen molar-refractivity contribution in [2.45, 2.75) is 0 Å². The van der Waals surface area contributed by atoms with Gasteiger partial charge in [0.2, 0.25) is 0 Å². The Labute approximate surface area is 154 Å². The van der Waals surface area contributed by atoms with Gasteiger partial charge in [0.05, 0.1) is 17.7 Å². The van der Waals surface area contributed by atoms with Crippen molar-refractivity contribution in [1.82, 2.24) is 9.55 Å². The molecule has 3 rings (SSSR count). The summed E-state index contributed by atoms with van der Waals surface area (Å²) in [5, 5.41) is 17.8. The summed E-state index contributed by atoms with van der Waals surface area (Å²) in [4.78, 5) is 17.2. The topological polar surface area (TPSA) is 88.1 Å². The minimum atomic E-state index is -1.23. The van der Waals surface area contributed by atoms with Crippen LogP contribution in [0.25, 0.3) is 28.0 Å². The molecule has 1 aromatic carbocycles. The van der Waals surface area contributed by atoms with Crippen molar-refractivity contribution < 1.29 is 14.6 Å². The first-order chi connectivity index (χ1) is 12.5. The lowest BCUT2D eigenvalue weighted by Gasteiger charge is -2.00. The molecule has 130 valence electrons. The van der Waals surface area contributed by atoms with Gasteiger partial charge in [-0.25, -0.2) is 9.78 Å². The number of aliphatic carboxylic acids is 1. The summed E-state index contributed by atoms with van der Waals surface area (Å²) in [6.45, 7) is 0. The normalized spacial score (nSPS) is 11.2. The van der Waals surface area contributed by atoms with Crippen molar-refractivity contribution >= 4 is 23.4 Å². The van der Waals surface area contributed by atoms with E-state index >= 15 is 0 Å². The minimum absolute atomic E-state index is 0.294. The van der Waals surface area contributed by atoms with E-state index in [4.69, 9.17) is 15.1 Å². The summed E-state index contributed by atoms with van der Waals surface area (Å²) in [6, 6.07) is 13.0. The third-order valence-electron chi connectivity index (χ3n) is 3.75. The van der Waals surface area contributed by atoms with Gasteiger partial charge in [0.1, 0.15) is 17.4 Å². The van der Waals surface area contributed by atoms with E-state index < -0.39 is 5.97 Å². The number of ether oxygens (including phenoxy) is 1. The highest BCUT2D eigenvalue weighted by molar-refractivity contribution is 7.16. The van der Waals surface area contributed by atoms with Crippen molar-refractivity contribution in [3.63, 3.8) is 0 Å². The smallest absolute Gasteiger partial charge is 0.346 e. The van der Waals surface area contributed by atoms with E-state index in [-0.39, 0.29) is 5.57 Å². The first-order valence-electron chi connectivity index (χ1n) is 7.65. The van der Waals surface area contributed by atoms with Crippen molar-refractivity contribution in [3.05, 3.63) is 53.0 Å². The second-order valence-electron chi connectivity index (χ2n) is 5.47. The number of carboxylic acids is 1. The summed E-state index contributed by atoms with van der Waals surface area (Å²) in [5.74, 6) is 0.321. The van der Waals surface area contributed by atoms with Crippen LogP contribution in [0.3, 0.4) is 0 Å². The molecule has 0 saturated carbocycles. The molecule has 0 spiro atoms. The number of aryl methyl sites for hydroxylation is 1. The highest BCUT2D eigenvalue weighted by Crippen LogP contribution is 2.31. The quantitative estimate of drug-likeness (QED) is 0.548. The number of thiophene rings is 1. The van der Waals surface area contributed by atoms with Crippen LogP contribution < -0.4 is 4.74 Å². The van der Waals surface area contributed by atoms with Crippen molar-refractivity contribution in [1.29, 1.82) is 5.26 Å². The molecule has 2 aromatic heterocycles. The van der Waals surface area contributed by atoms with Crippen LogP contribution in [-0.4, -0.2) is 27.7 Å². The Bertz CT molecular complexity index is 1020. The lowest BCUT2D eigenvalue weighted by atomic mass is 10.2. The van der Waals surface area contributed by atoms with E-state index in [1.807, 2.05) is 48.1 Å². The Hall–Kier alpha value is -3.37. The third kappa shape index (κ3) is 3.50. The molecule has 0 aliphatic carbocycles. The number of carbonyl (C=O) groups is 1. The second kappa shape index (κ2) is 7.25. The molecule has 0 fully saturated rings. The predicted octanol–water partition coefficient (Wildman–Crippen LogP) is 3.82. The second-order valence-corrected chi connectivity index (χ2v) is 6.58. The zero-order chi connectivity index (χ0) is 18.7. The average Bonchev–Trinajstić information content (AvgIpc) is 3.25. The average molecular weight is 365 g/mol. The van der Waals surface area contributed by atoms with Crippen molar-refractivity contribution in [3.8, 4) is 33.8 Å². The zero-order valence-electron chi connectivity index (χ0n) is 14.1. The minimum Gasteiger partial charge on any atom is -0.497 e.